The van der Waals surface area contributed by atoms with Gasteiger partial charge in [0.2, 0.25) is 0 Å². The summed E-state index contributed by atoms with van der Waals surface area (Å²) in [5.41, 5.74) is 6.33. The second-order valence-corrected chi connectivity index (χ2v) is 6.50. The minimum atomic E-state index is 0.939. The quantitative estimate of drug-likeness (QED) is 0.277. The van der Waals surface area contributed by atoms with Gasteiger partial charge in [-0.2, -0.15) is 0 Å². The Morgan fingerprint density at radius 1 is 0.464 bits per heavy atom. The third kappa shape index (κ3) is 4.33. The van der Waals surface area contributed by atoms with E-state index in [1.165, 1.54) is 0 Å². The third-order valence-electron chi connectivity index (χ3n) is 4.50. The van der Waals surface area contributed by atoms with Crippen molar-refractivity contribution in [3.8, 4) is 0 Å². The lowest BCUT2D eigenvalue weighted by Crippen LogP contribution is -2.03. The van der Waals surface area contributed by atoms with Gasteiger partial charge in [0, 0.05) is 16.7 Å². The Hall–Kier alpha value is -3.71. The summed E-state index contributed by atoms with van der Waals surface area (Å²) in [6, 6.07) is 41.4. The van der Waals surface area contributed by atoms with Crippen molar-refractivity contribution >= 4 is 17.5 Å². The van der Waals surface area contributed by atoms with Crippen LogP contribution in [0.2, 0.25) is 0 Å². The Morgan fingerprint density at radius 3 is 1.32 bits per heavy atom. The minimum Gasteiger partial charge on any atom is -0.247 e. The molecule has 0 heterocycles. The SMILES string of the molecule is C(=C(/N=C(c1ccccc1)c1ccccc1)c1ccccc1)/c1ccccc1. The summed E-state index contributed by atoms with van der Waals surface area (Å²) >= 11 is 0. The van der Waals surface area contributed by atoms with E-state index in [2.05, 4.69) is 78.9 Å². The maximum atomic E-state index is 5.16. The monoisotopic (exact) mass is 359 g/mol. The molecule has 0 bridgehead atoms. The zero-order valence-electron chi connectivity index (χ0n) is 15.6. The Morgan fingerprint density at radius 2 is 0.857 bits per heavy atom. The average molecular weight is 359 g/mol. The Kier molecular flexibility index (Phi) is 5.55. The van der Waals surface area contributed by atoms with Crippen LogP contribution < -0.4 is 0 Å². The molecule has 0 fully saturated rings. The molecule has 0 amide bonds. The second-order valence-electron chi connectivity index (χ2n) is 6.50. The second kappa shape index (κ2) is 8.79. The summed E-state index contributed by atoms with van der Waals surface area (Å²) in [5, 5.41) is 0. The van der Waals surface area contributed by atoms with Crippen LogP contribution in [0.4, 0.5) is 0 Å². The van der Waals surface area contributed by atoms with Crippen LogP contribution in [0.15, 0.2) is 126 Å². The lowest BCUT2D eigenvalue weighted by molar-refractivity contribution is 1.47. The van der Waals surface area contributed by atoms with E-state index < -0.39 is 0 Å². The highest BCUT2D eigenvalue weighted by molar-refractivity contribution is 6.15. The molecule has 4 aromatic carbocycles. The molecule has 0 aromatic heterocycles. The minimum absolute atomic E-state index is 0.939. The van der Waals surface area contributed by atoms with Crippen LogP contribution in [0.25, 0.3) is 11.8 Å². The average Bonchev–Trinajstić information content (AvgIpc) is 2.79. The molecule has 0 aliphatic carbocycles. The molecule has 0 spiro atoms. The highest BCUT2D eigenvalue weighted by Gasteiger charge is 2.09. The van der Waals surface area contributed by atoms with Gasteiger partial charge in [-0.1, -0.05) is 121 Å². The van der Waals surface area contributed by atoms with Gasteiger partial charge in [0.1, 0.15) is 0 Å². The van der Waals surface area contributed by atoms with Gasteiger partial charge >= 0.3 is 0 Å². The van der Waals surface area contributed by atoms with Gasteiger partial charge in [-0.3, -0.25) is 0 Å². The van der Waals surface area contributed by atoms with E-state index in [1.807, 2.05) is 48.5 Å². The highest BCUT2D eigenvalue weighted by atomic mass is 14.8. The molecule has 1 heteroatoms. The van der Waals surface area contributed by atoms with Gasteiger partial charge in [0.05, 0.1) is 11.4 Å². The highest BCUT2D eigenvalue weighted by Crippen LogP contribution is 2.23. The van der Waals surface area contributed by atoms with Crippen LogP contribution in [0.3, 0.4) is 0 Å². The summed E-state index contributed by atoms with van der Waals surface area (Å²) in [7, 11) is 0. The predicted molar refractivity (Wildman–Crippen MR) is 119 cm³/mol. The fraction of sp³-hybridized carbons (Fsp3) is 0. The van der Waals surface area contributed by atoms with E-state index >= 15 is 0 Å². The van der Waals surface area contributed by atoms with E-state index in [4.69, 9.17) is 4.99 Å². The lowest BCUT2D eigenvalue weighted by atomic mass is 10.0. The molecule has 4 aromatic rings. The molecule has 28 heavy (non-hydrogen) atoms. The molecule has 134 valence electrons. The maximum Gasteiger partial charge on any atom is 0.0781 e. The number of aliphatic imine (C=N–C) groups is 1. The number of rotatable bonds is 5. The first-order chi connectivity index (χ1) is 13.9. The zero-order chi connectivity index (χ0) is 19.0. The van der Waals surface area contributed by atoms with Crippen molar-refractivity contribution in [1.29, 1.82) is 0 Å². The van der Waals surface area contributed by atoms with Crippen LogP contribution in [0, 0.1) is 0 Å². The van der Waals surface area contributed by atoms with Crippen molar-refractivity contribution in [2.45, 2.75) is 0 Å². The predicted octanol–water partition coefficient (Wildman–Crippen LogP) is 6.72. The van der Waals surface area contributed by atoms with Crippen LogP contribution >= 0.6 is 0 Å². The first-order valence-corrected chi connectivity index (χ1v) is 9.42. The van der Waals surface area contributed by atoms with Crippen molar-refractivity contribution in [3.05, 3.63) is 144 Å². The maximum absolute atomic E-state index is 5.16. The molecule has 0 radical (unpaired) electrons. The van der Waals surface area contributed by atoms with Gasteiger partial charge in [-0.05, 0) is 11.6 Å². The molecule has 4 rings (SSSR count). The molecule has 0 aliphatic rings. The van der Waals surface area contributed by atoms with Crippen molar-refractivity contribution in [3.63, 3.8) is 0 Å². The summed E-state index contributed by atoms with van der Waals surface area (Å²) < 4.78 is 0. The van der Waals surface area contributed by atoms with Crippen LogP contribution in [0.1, 0.15) is 22.3 Å². The van der Waals surface area contributed by atoms with E-state index in [-0.39, 0.29) is 0 Å². The van der Waals surface area contributed by atoms with Crippen LogP contribution in [0.5, 0.6) is 0 Å². The number of hydrogen-bond donors (Lipinski definition) is 0. The standard InChI is InChI=1S/C27H21N/c1-5-13-22(14-6-1)21-26(23-15-7-2-8-16-23)28-27(24-17-9-3-10-18-24)25-19-11-4-12-20-25/h1-21H/b26-21-. The molecular formula is C27H21N. The molecule has 0 saturated carbocycles. The van der Waals surface area contributed by atoms with Crippen LogP contribution in [-0.2, 0) is 0 Å². The fourth-order valence-corrected chi connectivity index (χ4v) is 3.10. The molecule has 0 unspecified atom stereocenters. The summed E-state index contributed by atoms with van der Waals surface area (Å²) in [6.45, 7) is 0. The van der Waals surface area contributed by atoms with Crippen molar-refractivity contribution in [1.82, 2.24) is 0 Å². The van der Waals surface area contributed by atoms with Crippen molar-refractivity contribution < 1.29 is 0 Å². The molecular weight excluding hydrogens is 338 g/mol. The summed E-state index contributed by atoms with van der Waals surface area (Å²) in [6.07, 6.45) is 2.14. The molecule has 0 saturated heterocycles. The molecule has 0 atom stereocenters. The Labute approximate surface area is 166 Å². The summed E-state index contributed by atoms with van der Waals surface area (Å²) in [4.78, 5) is 5.16. The third-order valence-corrected chi connectivity index (χ3v) is 4.50. The van der Waals surface area contributed by atoms with E-state index in [0.29, 0.717) is 0 Å². The first kappa shape index (κ1) is 17.7. The van der Waals surface area contributed by atoms with Gasteiger partial charge in [0.25, 0.3) is 0 Å². The van der Waals surface area contributed by atoms with Gasteiger partial charge in [-0.15, -0.1) is 0 Å². The topological polar surface area (TPSA) is 12.4 Å². The zero-order valence-corrected chi connectivity index (χ0v) is 15.6. The molecule has 0 aliphatic heterocycles. The van der Waals surface area contributed by atoms with Crippen molar-refractivity contribution in [2.75, 3.05) is 0 Å². The van der Waals surface area contributed by atoms with E-state index in [9.17, 15) is 0 Å². The number of hydrogen-bond acceptors (Lipinski definition) is 1. The summed E-state index contributed by atoms with van der Waals surface area (Å²) in [5.74, 6) is 0. The van der Waals surface area contributed by atoms with Gasteiger partial charge in [0.15, 0.2) is 0 Å². The molecule has 1 nitrogen and oxygen atoms in total. The van der Waals surface area contributed by atoms with Crippen molar-refractivity contribution in [2.24, 2.45) is 4.99 Å². The van der Waals surface area contributed by atoms with E-state index in [1.54, 1.807) is 0 Å². The van der Waals surface area contributed by atoms with E-state index in [0.717, 1.165) is 33.7 Å². The molecule has 0 N–H and O–H groups in total. The smallest absolute Gasteiger partial charge is 0.0781 e. The first-order valence-electron chi connectivity index (χ1n) is 9.42. The Balaban J connectivity index is 1.90. The van der Waals surface area contributed by atoms with Gasteiger partial charge < -0.3 is 0 Å². The fourth-order valence-electron chi connectivity index (χ4n) is 3.10. The Bertz CT molecular complexity index is 1020. The lowest BCUT2D eigenvalue weighted by Gasteiger charge is -2.10. The normalized spacial score (nSPS) is 11.1. The number of nitrogens with zero attached hydrogens (tertiary/aromatic N) is 1. The van der Waals surface area contributed by atoms with Crippen LogP contribution in [-0.4, -0.2) is 5.71 Å². The van der Waals surface area contributed by atoms with Gasteiger partial charge in [-0.25, -0.2) is 4.99 Å². The largest absolute Gasteiger partial charge is 0.247 e. The number of benzene rings is 4.